The van der Waals surface area contributed by atoms with Gasteiger partial charge in [0.15, 0.2) is 11.6 Å². The number of carbonyl (C=O) groups is 2. The molecule has 0 saturated carbocycles. The van der Waals surface area contributed by atoms with Crippen LogP contribution >= 0.6 is 0 Å². The molecule has 1 aliphatic heterocycles. The average Bonchev–Trinajstić information content (AvgIpc) is 3.14. The Balaban J connectivity index is 1.62. The Labute approximate surface area is 164 Å². The summed E-state index contributed by atoms with van der Waals surface area (Å²) in [6.45, 7) is 0. The normalized spacial score (nSPS) is 15.4. The van der Waals surface area contributed by atoms with Crippen LogP contribution in [-0.2, 0) is 9.59 Å². The third-order valence-electron chi connectivity index (χ3n) is 4.55. The van der Waals surface area contributed by atoms with Crippen molar-refractivity contribution < 1.29 is 23.1 Å². The minimum absolute atomic E-state index is 0.0870. The van der Waals surface area contributed by atoms with Crippen molar-refractivity contribution in [3.63, 3.8) is 0 Å². The van der Waals surface area contributed by atoms with E-state index < -0.39 is 23.6 Å². The van der Waals surface area contributed by atoms with E-state index in [0.717, 1.165) is 17.7 Å². The van der Waals surface area contributed by atoms with E-state index in [-0.39, 0.29) is 18.0 Å². The number of hydrogen-bond acceptors (Lipinski definition) is 4. The van der Waals surface area contributed by atoms with Gasteiger partial charge in [0.05, 0.1) is 19.2 Å². The van der Waals surface area contributed by atoms with Crippen molar-refractivity contribution in [1.82, 2.24) is 9.78 Å². The number of fused-ring (bicyclic) bond motifs is 1. The third kappa shape index (κ3) is 3.66. The number of methoxy groups -OCH3 is 1. The second-order valence-electron chi connectivity index (χ2n) is 6.47. The summed E-state index contributed by atoms with van der Waals surface area (Å²) < 4.78 is 33.0. The number of aromatic nitrogens is 2. The number of ether oxygens (including phenoxy) is 1. The number of halogens is 2. The molecule has 1 aromatic heterocycles. The van der Waals surface area contributed by atoms with Crippen LogP contribution in [0.4, 0.5) is 20.3 Å². The van der Waals surface area contributed by atoms with Gasteiger partial charge in [-0.2, -0.15) is 5.10 Å². The second-order valence-corrected chi connectivity index (χ2v) is 6.47. The molecule has 2 amide bonds. The SMILES string of the molecule is COc1ccc(-c2cc3n(n2)[C@H](C(=O)Nc2ccc(F)c(F)c2)CC(=O)N3)cc1. The molecule has 0 spiro atoms. The molecule has 1 aliphatic rings. The fraction of sp³-hybridized carbons (Fsp3) is 0.150. The van der Waals surface area contributed by atoms with Gasteiger partial charge in [-0.05, 0) is 36.4 Å². The van der Waals surface area contributed by atoms with Gasteiger partial charge in [0, 0.05) is 23.4 Å². The van der Waals surface area contributed by atoms with E-state index in [2.05, 4.69) is 15.7 Å². The lowest BCUT2D eigenvalue weighted by Gasteiger charge is -2.23. The first-order valence-electron chi connectivity index (χ1n) is 8.74. The monoisotopic (exact) mass is 398 g/mol. The second kappa shape index (κ2) is 7.34. The van der Waals surface area contributed by atoms with Gasteiger partial charge in [-0.15, -0.1) is 0 Å². The van der Waals surface area contributed by atoms with Gasteiger partial charge in [0.25, 0.3) is 0 Å². The van der Waals surface area contributed by atoms with Crippen molar-refractivity contribution in [1.29, 1.82) is 0 Å². The van der Waals surface area contributed by atoms with Gasteiger partial charge in [0.1, 0.15) is 17.6 Å². The van der Waals surface area contributed by atoms with E-state index in [0.29, 0.717) is 17.3 Å². The van der Waals surface area contributed by atoms with Gasteiger partial charge in [-0.25, -0.2) is 13.5 Å². The Morgan fingerprint density at radius 2 is 1.93 bits per heavy atom. The Morgan fingerprint density at radius 3 is 2.62 bits per heavy atom. The van der Waals surface area contributed by atoms with Crippen molar-refractivity contribution in [3.05, 3.63) is 60.2 Å². The Hall–Kier alpha value is -3.75. The van der Waals surface area contributed by atoms with Crippen molar-refractivity contribution in [2.75, 3.05) is 17.7 Å². The molecule has 29 heavy (non-hydrogen) atoms. The number of rotatable bonds is 4. The number of nitrogens with one attached hydrogen (secondary N) is 2. The van der Waals surface area contributed by atoms with Gasteiger partial charge in [-0.1, -0.05) is 0 Å². The fourth-order valence-corrected chi connectivity index (χ4v) is 3.09. The Bertz CT molecular complexity index is 1100. The quantitative estimate of drug-likeness (QED) is 0.706. The highest BCUT2D eigenvalue weighted by atomic mass is 19.2. The highest BCUT2D eigenvalue weighted by Crippen LogP contribution is 2.31. The zero-order chi connectivity index (χ0) is 20.5. The molecule has 148 valence electrons. The Morgan fingerprint density at radius 1 is 1.17 bits per heavy atom. The van der Waals surface area contributed by atoms with E-state index in [9.17, 15) is 18.4 Å². The van der Waals surface area contributed by atoms with Crippen molar-refractivity contribution >= 4 is 23.3 Å². The van der Waals surface area contributed by atoms with Crippen LogP contribution in [0.1, 0.15) is 12.5 Å². The molecule has 0 fully saturated rings. The summed E-state index contributed by atoms with van der Waals surface area (Å²) in [5, 5.41) is 9.64. The molecule has 2 N–H and O–H groups in total. The van der Waals surface area contributed by atoms with Crippen LogP contribution in [0.15, 0.2) is 48.5 Å². The van der Waals surface area contributed by atoms with Crippen LogP contribution in [0.25, 0.3) is 11.3 Å². The summed E-state index contributed by atoms with van der Waals surface area (Å²) >= 11 is 0. The highest BCUT2D eigenvalue weighted by molar-refractivity contribution is 6.01. The molecular weight excluding hydrogens is 382 g/mol. The van der Waals surface area contributed by atoms with E-state index in [1.807, 2.05) is 12.1 Å². The molecule has 0 bridgehead atoms. The number of anilines is 2. The molecule has 1 atom stereocenters. The lowest BCUT2D eigenvalue weighted by molar-refractivity contribution is -0.125. The van der Waals surface area contributed by atoms with E-state index >= 15 is 0 Å². The summed E-state index contributed by atoms with van der Waals surface area (Å²) in [5.41, 5.74) is 1.43. The minimum atomic E-state index is -1.08. The molecule has 2 aromatic carbocycles. The molecule has 0 radical (unpaired) electrons. The standard InChI is InChI=1S/C20H16F2N4O3/c1-29-13-5-2-11(3-6-13)16-9-18-24-19(27)10-17(26(18)25-16)20(28)23-12-4-7-14(21)15(22)8-12/h2-9,17H,10H2,1H3,(H,23,28)(H,24,27)/t17-/m0/s1. The largest absolute Gasteiger partial charge is 0.497 e. The van der Waals surface area contributed by atoms with Crippen molar-refractivity contribution in [2.45, 2.75) is 12.5 Å². The Kier molecular flexibility index (Phi) is 4.71. The van der Waals surface area contributed by atoms with E-state index in [4.69, 9.17) is 4.74 Å². The fourth-order valence-electron chi connectivity index (χ4n) is 3.09. The summed E-state index contributed by atoms with van der Waals surface area (Å²) in [7, 11) is 1.57. The first-order chi connectivity index (χ1) is 13.9. The van der Waals surface area contributed by atoms with E-state index in [1.165, 1.54) is 10.7 Å². The van der Waals surface area contributed by atoms with Crippen LogP contribution in [0, 0.1) is 11.6 Å². The number of nitrogens with zero attached hydrogens (tertiary/aromatic N) is 2. The maximum Gasteiger partial charge on any atom is 0.249 e. The van der Waals surface area contributed by atoms with Gasteiger partial charge >= 0.3 is 0 Å². The summed E-state index contributed by atoms with van der Waals surface area (Å²) in [6, 6.07) is 10.9. The zero-order valence-corrected chi connectivity index (χ0v) is 15.3. The zero-order valence-electron chi connectivity index (χ0n) is 15.3. The van der Waals surface area contributed by atoms with Crippen LogP contribution in [0.3, 0.4) is 0 Å². The number of amides is 2. The molecule has 9 heteroatoms. The average molecular weight is 398 g/mol. The van der Waals surface area contributed by atoms with Crippen molar-refractivity contribution in [2.24, 2.45) is 0 Å². The first kappa shape index (κ1) is 18.6. The highest BCUT2D eigenvalue weighted by Gasteiger charge is 2.32. The lowest BCUT2D eigenvalue weighted by Crippen LogP contribution is -2.35. The van der Waals surface area contributed by atoms with Crippen LogP contribution in [0.5, 0.6) is 5.75 Å². The van der Waals surface area contributed by atoms with Gasteiger partial charge in [-0.3, -0.25) is 9.59 Å². The molecular formula is C20H16F2N4O3. The summed E-state index contributed by atoms with van der Waals surface area (Å²) in [4.78, 5) is 24.8. The molecule has 4 rings (SSSR count). The third-order valence-corrected chi connectivity index (χ3v) is 4.55. The smallest absolute Gasteiger partial charge is 0.249 e. The molecule has 0 aliphatic carbocycles. The molecule has 2 heterocycles. The van der Waals surface area contributed by atoms with Crippen LogP contribution in [-0.4, -0.2) is 28.7 Å². The maximum absolute atomic E-state index is 13.4. The molecule has 7 nitrogen and oxygen atoms in total. The van der Waals surface area contributed by atoms with Crippen molar-refractivity contribution in [3.8, 4) is 17.0 Å². The number of hydrogen-bond donors (Lipinski definition) is 2. The minimum Gasteiger partial charge on any atom is -0.497 e. The molecule has 0 unspecified atom stereocenters. The van der Waals surface area contributed by atoms with E-state index in [1.54, 1.807) is 25.3 Å². The van der Waals surface area contributed by atoms with Crippen LogP contribution in [0.2, 0.25) is 0 Å². The summed E-state index contributed by atoms with van der Waals surface area (Å²) in [6.07, 6.45) is -0.133. The maximum atomic E-state index is 13.4. The van der Waals surface area contributed by atoms with Gasteiger partial charge < -0.3 is 15.4 Å². The number of benzene rings is 2. The van der Waals surface area contributed by atoms with Gasteiger partial charge in [0.2, 0.25) is 11.8 Å². The molecule has 0 saturated heterocycles. The number of carbonyl (C=O) groups excluding carboxylic acids is 2. The predicted octanol–water partition coefficient (Wildman–Crippen LogP) is 3.36. The summed E-state index contributed by atoms with van der Waals surface area (Å²) in [5.74, 6) is -1.93. The lowest BCUT2D eigenvalue weighted by atomic mass is 10.1. The predicted molar refractivity (Wildman–Crippen MR) is 101 cm³/mol. The first-order valence-corrected chi connectivity index (χ1v) is 8.74. The van der Waals surface area contributed by atoms with Crippen LogP contribution < -0.4 is 15.4 Å². The topological polar surface area (TPSA) is 85.2 Å². The molecule has 3 aromatic rings.